The average molecular weight is 250 g/mol. The quantitative estimate of drug-likeness (QED) is 0.812. The summed E-state index contributed by atoms with van der Waals surface area (Å²) in [6, 6.07) is 4.79. The number of aromatic amines is 1. The van der Waals surface area contributed by atoms with E-state index >= 15 is 0 Å². The van der Waals surface area contributed by atoms with Crippen LogP contribution in [0, 0.1) is 16.5 Å². The molecule has 0 saturated heterocycles. The van der Waals surface area contributed by atoms with Crippen LogP contribution in [0.4, 0.5) is 4.39 Å². The molecule has 0 radical (unpaired) electrons. The number of halogens is 1. The monoisotopic (exact) mass is 250 g/mol. The van der Waals surface area contributed by atoms with E-state index in [4.69, 9.17) is 12.2 Å². The number of nitrogens with zero attached hydrogens (tertiary/aromatic N) is 1. The first-order valence-corrected chi connectivity index (χ1v) is 6.53. The molecule has 0 unspecified atom stereocenters. The third-order valence-corrected chi connectivity index (χ3v) is 3.75. The van der Waals surface area contributed by atoms with Crippen LogP contribution in [0.25, 0.3) is 11.0 Å². The van der Waals surface area contributed by atoms with Gasteiger partial charge >= 0.3 is 0 Å². The number of imidazole rings is 1. The minimum atomic E-state index is -0.223. The minimum Gasteiger partial charge on any atom is -0.330 e. The third-order valence-electron chi connectivity index (χ3n) is 3.43. The Labute approximate surface area is 104 Å². The predicted octanol–water partition coefficient (Wildman–Crippen LogP) is 4.03. The lowest BCUT2D eigenvalue weighted by atomic mass is 10.2. The Bertz CT molecular complexity index is 595. The zero-order valence-electron chi connectivity index (χ0n) is 9.58. The van der Waals surface area contributed by atoms with E-state index in [2.05, 4.69) is 9.55 Å². The first-order chi connectivity index (χ1) is 8.24. The van der Waals surface area contributed by atoms with Crippen molar-refractivity contribution in [1.29, 1.82) is 0 Å². The molecule has 1 saturated carbocycles. The maximum atomic E-state index is 13.1. The summed E-state index contributed by atoms with van der Waals surface area (Å²) in [6.45, 7) is 0.932. The summed E-state index contributed by atoms with van der Waals surface area (Å²) >= 11 is 5.28. The van der Waals surface area contributed by atoms with Gasteiger partial charge in [0.15, 0.2) is 4.77 Å². The van der Waals surface area contributed by atoms with Gasteiger partial charge in [0, 0.05) is 6.54 Å². The van der Waals surface area contributed by atoms with Crippen molar-refractivity contribution in [3.05, 3.63) is 28.8 Å². The molecule has 1 fully saturated rings. The highest BCUT2D eigenvalue weighted by atomic mass is 32.1. The highest BCUT2D eigenvalue weighted by molar-refractivity contribution is 7.71. The molecule has 0 spiro atoms. The Kier molecular flexibility index (Phi) is 2.74. The first kappa shape index (κ1) is 11.0. The molecule has 1 N–H and O–H groups in total. The van der Waals surface area contributed by atoms with E-state index in [-0.39, 0.29) is 5.82 Å². The zero-order chi connectivity index (χ0) is 11.8. The summed E-state index contributed by atoms with van der Waals surface area (Å²) in [5.41, 5.74) is 1.80. The van der Waals surface area contributed by atoms with E-state index in [1.165, 1.54) is 31.4 Å². The van der Waals surface area contributed by atoms with Crippen LogP contribution in [0.3, 0.4) is 0 Å². The summed E-state index contributed by atoms with van der Waals surface area (Å²) in [5, 5.41) is 0. The van der Waals surface area contributed by atoms with Crippen LogP contribution in [0.1, 0.15) is 25.7 Å². The number of fused-ring (bicyclic) bond motifs is 1. The smallest absolute Gasteiger partial charge is 0.178 e. The Morgan fingerprint density at radius 1 is 1.41 bits per heavy atom. The number of nitrogens with one attached hydrogen (secondary N) is 1. The topological polar surface area (TPSA) is 20.7 Å². The van der Waals surface area contributed by atoms with Crippen molar-refractivity contribution >= 4 is 23.3 Å². The molecule has 1 aromatic heterocycles. The molecule has 1 heterocycles. The van der Waals surface area contributed by atoms with Crippen molar-refractivity contribution in [3.63, 3.8) is 0 Å². The van der Waals surface area contributed by atoms with Crippen LogP contribution in [0.5, 0.6) is 0 Å². The van der Waals surface area contributed by atoms with Gasteiger partial charge < -0.3 is 9.55 Å². The normalized spacial score (nSPS) is 15.6. The fourth-order valence-corrected chi connectivity index (χ4v) is 2.60. The fourth-order valence-electron chi connectivity index (χ4n) is 2.30. The number of H-pyrrole nitrogens is 1. The molecule has 2 nitrogen and oxygen atoms in total. The Morgan fingerprint density at radius 3 is 3.00 bits per heavy atom. The van der Waals surface area contributed by atoms with Crippen LogP contribution in [0.15, 0.2) is 18.2 Å². The van der Waals surface area contributed by atoms with E-state index in [0.717, 1.165) is 29.9 Å². The number of hydrogen-bond donors (Lipinski definition) is 1. The van der Waals surface area contributed by atoms with E-state index in [1.807, 2.05) is 0 Å². The van der Waals surface area contributed by atoms with Crippen LogP contribution in [0.2, 0.25) is 0 Å². The molecule has 0 amide bonds. The van der Waals surface area contributed by atoms with Crippen molar-refractivity contribution in [2.45, 2.75) is 32.2 Å². The molecule has 0 bridgehead atoms. The number of aromatic nitrogens is 2. The van der Waals surface area contributed by atoms with Gasteiger partial charge in [0.2, 0.25) is 0 Å². The third kappa shape index (κ3) is 2.27. The van der Waals surface area contributed by atoms with Gasteiger partial charge in [-0.25, -0.2) is 4.39 Å². The van der Waals surface area contributed by atoms with Gasteiger partial charge in [-0.15, -0.1) is 0 Å². The van der Waals surface area contributed by atoms with Crippen LogP contribution in [-0.4, -0.2) is 9.55 Å². The summed E-state index contributed by atoms with van der Waals surface area (Å²) in [7, 11) is 0. The molecule has 4 heteroatoms. The predicted molar refractivity (Wildman–Crippen MR) is 69.0 cm³/mol. The molecule has 2 aromatic rings. The first-order valence-electron chi connectivity index (χ1n) is 6.12. The zero-order valence-corrected chi connectivity index (χ0v) is 10.4. The summed E-state index contributed by atoms with van der Waals surface area (Å²) in [5.74, 6) is 0.728. The van der Waals surface area contributed by atoms with Crippen molar-refractivity contribution in [2.24, 2.45) is 5.92 Å². The average Bonchev–Trinajstić information content (AvgIpc) is 3.04. The molecular weight excluding hydrogens is 235 g/mol. The summed E-state index contributed by atoms with van der Waals surface area (Å²) < 4.78 is 15.9. The van der Waals surface area contributed by atoms with E-state index in [0.29, 0.717) is 4.77 Å². The van der Waals surface area contributed by atoms with E-state index in [9.17, 15) is 4.39 Å². The molecular formula is C13H15FN2S. The second kappa shape index (κ2) is 4.26. The van der Waals surface area contributed by atoms with Crippen molar-refractivity contribution in [2.75, 3.05) is 0 Å². The van der Waals surface area contributed by atoms with Gasteiger partial charge in [0.05, 0.1) is 11.0 Å². The lowest BCUT2D eigenvalue weighted by Crippen LogP contribution is -1.98. The standard InChI is InChI=1S/C13H15FN2S/c14-10-5-6-12-11(8-10)15-13(17)16(12)7-1-2-9-3-4-9/h5-6,8-9H,1-4,7H2,(H,15,17). The Balaban J connectivity index is 1.86. The van der Waals surface area contributed by atoms with Gasteiger partial charge in [0.25, 0.3) is 0 Å². The van der Waals surface area contributed by atoms with Crippen molar-refractivity contribution in [3.8, 4) is 0 Å². The summed E-state index contributed by atoms with van der Waals surface area (Å²) in [4.78, 5) is 3.06. The highest BCUT2D eigenvalue weighted by Crippen LogP contribution is 2.33. The molecule has 0 aliphatic heterocycles. The number of benzene rings is 1. The van der Waals surface area contributed by atoms with E-state index < -0.39 is 0 Å². The van der Waals surface area contributed by atoms with E-state index in [1.54, 1.807) is 6.07 Å². The van der Waals surface area contributed by atoms with Gasteiger partial charge in [-0.3, -0.25) is 0 Å². The minimum absolute atomic E-state index is 0.223. The van der Waals surface area contributed by atoms with Crippen LogP contribution in [-0.2, 0) is 6.54 Å². The van der Waals surface area contributed by atoms with Gasteiger partial charge in [-0.2, -0.15) is 0 Å². The van der Waals surface area contributed by atoms with Crippen LogP contribution < -0.4 is 0 Å². The maximum absolute atomic E-state index is 13.1. The maximum Gasteiger partial charge on any atom is 0.178 e. The molecule has 90 valence electrons. The fraction of sp³-hybridized carbons (Fsp3) is 0.462. The number of rotatable bonds is 4. The van der Waals surface area contributed by atoms with Gasteiger partial charge in [0.1, 0.15) is 5.82 Å². The Morgan fingerprint density at radius 2 is 2.24 bits per heavy atom. The SMILES string of the molecule is Fc1ccc2c(c1)[nH]c(=S)n2CCCC1CC1. The molecule has 17 heavy (non-hydrogen) atoms. The number of hydrogen-bond acceptors (Lipinski definition) is 1. The second-order valence-corrected chi connectivity index (χ2v) is 5.22. The molecule has 3 rings (SSSR count). The number of aryl methyl sites for hydroxylation is 1. The van der Waals surface area contributed by atoms with Crippen molar-refractivity contribution in [1.82, 2.24) is 9.55 Å². The Hall–Kier alpha value is -1.16. The lowest BCUT2D eigenvalue weighted by Gasteiger charge is -2.03. The van der Waals surface area contributed by atoms with Crippen LogP contribution >= 0.6 is 12.2 Å². The van der Waals surface area contributed by atoms with Gasteiger partial charge in [-0.1, -0.05) is 12.8 Å². The molecule has 0 atom stereocenters. The summed E-state index contributed by atoms with van der Waals surface area (Å²) in [6.07, 6.45) is 5.23. The van der Waals surface area contributed by atoms with Gasteiger partial charge in [-0.05, 0) is 49.2 Å². The molecule has 1 aliphatic rings. The highest BCUT2D eigenvalue weighted by Gasteiger charge is 2.20. The molecule has 1 aliphatic carbocycles. The molecule has 1 aromatic carbocycles. The second-order valence-electron chi connectivity index (χ2n) is 4.83. The van der Waals surface area contributed by atoms with Crippen molar-refractivity contribution < 1.29 is 4.39 Å². The lowest BCUT2D eigenvalue weighted by molar-refractivity contribution is 0.582. The largest absolute Gasteiger partial charge is 0.330 e.